The summed E-state index contributed by atoms with van der Waals surface area (Å²) in [4.78, 5) is 0. The highest BCUT2D eigenvalue weighted by Crippen LogP contribution is 2.05. The average molecular weight is 298 g/mol. The van der Waals surface area contributed by atoms with Crippen molar-refractivity contribution in [2.45, 2.75) is 32.6 Å². The number of rotatable bonds is 9. The van der Waals surface area contributed by atoms with E-state index >= 15 is 0 Å². The van der Waals surface area contributed by atoms with E-state index in [0.29, 0.717) is 6.61 Å². The normalized spacial score (nSPS) is 11.8. The molecular weight excluding hydrogens is 270 g/mol. The van der Waals surface area contributed by atoms with Gasteiger partial charge in [0.05, 0.1) is 8.07 Å². The molecule has 0 atom stereocenters. The molecule has 0 saturated carbocycles. The monoisotopic (exact) mass is 297 g/mol. The maximum atomic E-state index is 8.67. The minimum Gasteiger partial charge on any atom is -0.396 e. The molecule has 0 spiro atoms. The predicted octanol–water partition coefficient (Wildman–Crippen LogP) is 2.44. The van der Waals surface area contributed by atoms with Gasteiger partial charge in [-0.1, -0.05) is 49.1 Å². The summed E-state index contributed by atoms with van der Waals surface area (Å²) in [7, 11) is -1.16. The van der Waals surface area contributed by atoms with Crippen LogP contribution >= 0.6 is 11.8 Å². The van der Waals surface area contributed by atoms with E-state index < -0.39 is 8.07 Å². The number of nitrogens with one attached hydrogen (secondary N) is 1. The summed E-state index contributed by atoms with van der Waals surface area (Å²) >= 11 is 1.90. The maximum Gasteiger partial charge on any atom is 0.0775 e. The van der Waals surface area contributed by atoms with Crippen molar-refractivity contribution in [3.05, 3.63) is 29.8 Å². The molecule has 0 fully saturated rings. The van der Waals surface area contributed by atoms with Crippen molar-refractivity contribution < 1.29 is 5.11 Å². The van der Waals surface area contributed by atoms with Gasteiger partial charge in [0.2, 0.25) is 0 Å². The van der Waals surface area contributed by atoms with Crippen LogP contribution in [0, 0.1) is 0 Å². The zero-order valence-corrected chi connectivity index (χ0v) is 14.2. The lowest BCUT2D eigenvalue weighted by Crippen LogP contribution is -2.37. The van der Waals surface area contributed by atoms with Gasteiger partial charge in [0.1, 0.15) is 0 Å². The van der Waals surface area contributed by atoms with Crippen molar-refractivity contribution in [2.24, 2.45) is 0 Å². The molecule has 1 rings (SSSR count). The van der Waals surface area contributed by atoms with E-state index in [9.17, 15) is 0 Å². The molecule has 0 radical (unpaired) electrons. The maximum absolute atomic E-state index is 8.67. The molecule has 2 nitrogen and oxygen atoms in total. The molecule has 0 aromatic heterocycles. The minimum atomic E-state index is -1.16. The molecular formula is C15H27NOSSi. The zero-order chi connectivity index (χ0) is 14.1. The molecule has 0 aliphatic rings. The van der Waals surface area contributed by atoms with E-state index in [1.807, 2.05) is 11.8 Å². The minimum absolute atomic E-state index is 0.309. The highest BCUT2D eigenvalue weighted by molar-refractivity contribution is 7.99. The number of benzene rings is 1. The van der Waals surface area contributed by atoms with E-state index in [0.717, 1.165) is 31.0 Å². The van der Waals surface area contributed by atoms with Crippen LogP contribution in [-0.4, -0.2) is 37.8 Å². The van der Waals surface area contributed by atoms with Gasteiger partial charge in [0.15, 0.2) is 0 Å². The van der Waals surface area contributed by atoms with Gasteiger partial charge in [-0.25, -0.2) is 0 Å². The molecule has 1 aromatic rings. The fourth-order valence-corrected chi connectivity index (χ4v) is 3.76. The van der Waals surface area contributed by atoms with Crippen molar-refractivity contribution in [1.82, 2.24) is 5.32 Å². The van der Waals surface area contributed by atoms with Crippen LogP contribution in [0.5, 0.6) is 0 Å². The molecule has 19 heavy (non-hydrogen) atoms. The van der Waals surface area contributed by atoms with Gasteiger partial charge in [-0.3, -0.25) is 0 Å². The molecule has 0 heterocycles. The van der Waals surface area contributed by atoms with Gasteiger partial charge in [0.25, 0.3) is 0 Å². The van der Waals surface area contributed by atoms with Crippen LogP contribution in [0.25, 0.3) is 0 Å². The number of hydrogen-bond donors (Lipinski definition) is 2. The molecule has 1 aromatic carbocycles. The van der Waals surface area contributed by atoms with Gasteiger partial charge in [-0.15, -0.1) is 0 Å². The molecule has 0 aliphatic heterocycles. The lowest BCUT2D eigenvalue weighted by molar-refractivity contribution is 0.296. The fourth-order valence-electron chi connectivity index (χ4n) is 1.77. The second-order valence-electron chi connectivity index (χ2n) is 5.81. The van der Waals surface area contributed by atoms with Gasteiger partial charge < -0.3 is 10.4 Å². The number of aliphatic hydroxyl groups excluding tert-OH is 1. The fraction of sp³-hybridized carbons (Fsp3) is 0.600. The molecule has 0 unspecified atom stereocenters. The lowest BCUT2D eigenvalue weighted by atomic mass is 10.2. The summed E-state index contributed by atoms with van der Waals surface area (Å²) < 4.78 is 0. The third-order valence-corrected chi connectivity index (χ3v) is 6.15. The summed E-state index contributed by atoms with van der Waals surface area (Å²) in [6.45, 7) is 9.43. The van der Waals surface area contributed by atoms with Gasteiger partial charge in [-0.2, -0.15) is 11.8 Å². The van der Waals surface area contributed by atoms with Crippen molar-refractivity contribution in [1.29, 1.82) is 0 Å². The Labute approximate surface area is 123 Å². The van der Waals surface area contributed by atoms with Crippen LogP contribution in [0.15, 0.2) is 24.3 Å². The van der Waals surface area contributed by atoms with E-state index in [-0.39, 0.29) is 0 Å². The highest BCUT2D eigenvalue weighted by Gasteiger charge is 2.15. The van der Waals surface area contributed by atoms with Crippen LogP contribution in [0.3, 0.4) is 0 Å². The third kappa shape index (κ3) is 7.16. The van der Waals surface area contributed by atoms with Crippen LogP contribution in [0.1, 0.15) is 12.0 Å². The van der Waals surface area contributed by atoms with Crippen molar-refractivity contribution in [2.75, 3.05) is 24.7 Å². The molecule has 0 aliphatic carbocycles. The van der Waals surface area contributed by atoms with Crippen molar-refractivity contribution in [3.8, 4) is 0 Å². The largest absolute Gasteiger partial charge is 0.396 e. The van der Waals surface area contributed by atoms with Gasteiger partial charge >= 0.3 is 0 Å². The standard InChI is InChI=1S/C15H27NOSSi/c1-19(2,3)15-7-5-14(6-8-15)13-16-9-12-18-11-4-10-17/h5-8,16-17H,4,9-13H2,1-3H3. The number of aliphatic hydroxyl groups is 1. The topological polar surface area (TPSA) is 32.3 Å². The van der Waals surface area contributed by atoms with Crippen LogP contribution in [0.4, 0.5) is 0 Å². The Bertz CT molecular complexity index is 348. The summed E-state index contributed by atoms with van der Waals surface area (Å²) in [5.41, 5.74) is 1.36. The molecule has 4 heteroatoms. The van der Waals surface area contributed by atoms with E-state index in [1.54, 1.807) is 0 Å². The number of hydrogen-bond acceptors (Lipinski definition) is 3. The summed E-state index contributed by atoms with van der Waals surface area (Å²) in [6.07, 6.45) is 0.906. The smallest absolute Gasteiger partial charge is 0.0775 e. The van der Waals surface area contributed by atoms with Crippen molar-refractivity contribution in [3.63, 3.8) is 0 Å². The molecule has 0 amide bonds. The first-order chi connectivity index (χ1) is 9.04. The summed E-state index contributed by atoms with van der Waals surface area (Å²) in [5.74, 6) is 2.18. The van der Waals surface area contributed by atoms with Gasteiger partial charge in [0, 0.05) is 25.4 Å². The SMILES string of the molecule is C[Si](C)(C)c1ccc(CNCCSCCCO)cc1. The van der Waals surface area contributed by atoms with Crippen LogP contribution in [0.2, 0.25) is 19.6 Å². The first-order valence-corrected chi connectivity index (χ1v) is 11.7. The Hall–Kier alpha value is -0.293. The van der Waals surface area contributed by atoms with Gasteiger partial charge in [-0.05, 0) is 17.7 Å². The van der Waals surface area contributed by atoms with E-state index in [1.165, 1.54) is 10.8 Å². The third-order valence-electron chi connectivity index (χ3n) is 3.02. The average Bonchev–Trinajstić information content (AvgIpc) is 2.37. The summed E-state index contributed by atoms with van der Waals surface area (Å²) in [5, 5.41) is 13.7. The zero-order valence-electron chi connectivity index (χ0n) is 12.4. The Morgan fingerprint density at radius 1 is 1.11 bits per heavy atom. The highest BCUT2D eigenvalue weighted by atomic mass is 32.2. The molecule has 0 bridgehead atoms. The van der Waals surface area contributed by atoms with E-state index in [2.05, 4.69) is 49.2 Å². The Morgan fingerprint density at radius 2 is 1.79 bits per heavy atom. The Kier molecular flexibility index (Phi) is 7.76. The molecule has 2 N–H and O–H groups in total. The summed E-state index contributed by atoms with van der Waals surface area (Å²) in [6, 6.07) is 9.08. The lowest BCUT2D eigenvalue weighted by Gasteiger charge is -2.16. The van der Waals surface area contributed by atoms with Crippen LogP contribution in [-0.2, 0) is 6.54 Å². The van der Waals surface area contributed by atoms with E-state index in [4.69, 9.17) is 5.11 Å². The van der Waals surface area contributed by atoms with Crippen molar-refractivity contribution >= 4 is 25.0 Å². The van der Waals surface area contributed by atoms with Crippen LogP contribution < -0.4 is 10.5 Å². The second kappa shape index (κ2) is 8.79. The molecule has 108 valence electrons. The Morgan fingerprint density at radius 3 is 2.37 bits per heavy atom. The molecule has 0 saturated heterocycles. The Balaban J connectivity index is 2.20. The second-order valence-corrected chi connectivity index (χ2v) is 12.1. The number of thioether (sulfide) groups is 1. The first kappa shape index (κ1) is 16.8. The predicted molar refractivity (Wildman–Crippen MR) is 90.2 cm³/mol. The quantitative estimate of drug-likeness (QED) is 0.542. The first-order valence-electron chi connectivity index (χ1n) is 7.03.